The first-order chi connectivity index (χ1) is 11.7. The molecular formula is C19H28N4O. The second-order valence-electron chi connectivity index (χ2n) is 7.63. The smallest absolute Gasteiger partial charge is 0.237 e. The zero-order chi connectivity index (χ0) is 16.5. The molecule has 1 atom stereocenters. The van der Waals surface area contributed by atoms with Crippen molar-refractivity contribution in [2.75, 3.05) is 19.6 Å². The maximum atomic E-state index is 12.5. The summed E-state index contributed by atoms with van der Waals surface area (Å²) in [5.74, 6) is 1.85. The Labute approximate surface area is 144 Å². The average Bonchev–Trinajstić information content (AvgIpc) is 2.62. The van der Waals surface area contributed by atoms with E-state index in [2.05, 4.69) is 22.1 Å². The molecule has 4 heterocycles. The zero-order valence-electron chi connectivity index (χ0n) is 14.7. The Morgan fingerprint density at radius 2 is 2.00 bits per heavy atom. The number of fused-ring (bicyclic) bond motifs is 4. The number of hydrogen-bond donors (Lipinski definition) is 1. The van der Waals surface area contributed by atoms with Crippen LogP contribution in [0.4, 0.5) is 0 Å². The van der Waals surface area contributed by atoms with Gasteiger partial charge in [0.15, 0.2) is 0 Å². The molecule has 24 heavy (non-hydrogen) atoms. The Kier molecular flexibility index (Phi) is 4.53. The molecule has 0 spiro atoms. The Morgan fingerprint density at radius 1 is 1.21 bits per heavy atom. The van der Waals surface area contributed by atoms with Gasteiger partial charge in [0, 0.05) is 24.4 Å². The number of carbonyl (C=O) groups is 1. The summed E-state index contributed by atoms with van der Waals surface area (Å²) in [5, 5.41) is 3.12. The summed E-state index contributed by atoms with van der Waals surface area (Å²) in [6.45, 7) is 4.93. The molecule has 0 saturated carbocycles. The molecule has 1 N–H and O–H groups in total. The van der Waals surface area contributed by atoms with Crippen LogP contribution in [0.25, 0.3) is 0 Å². The van der Waals surface area contributed by atoms with E-state index in [1.54, 1.807) is 0 Å². The number of amides is 1. The lowest BCUT2D eigenvalue weighted by molar-refractivity contribution is -0.130. The number of hydrogen-bond acceptors (Lipinski definition) is 4. The molecule has 1 aromatic rings. The molecule has 1 amide bonds. The Hall–Kier alpha value is -1.49. The van der Waals surface area contributed by atoms with Gasteiger partial charge in [0.05, 0.1) is 6.04 Å². The van der Waals surface area contributed by atoms with Crippen molar-refractivity contribution in [1.82, 2.24) is 20.2 Å². The lowest BCUT2D eigenvalue weighted by Crippen LogP contribution is -2.55. The van der Waals surface area contributed by atoms with Crippen LogP contribution < -0.4 is 5.32 Å². The highest BCUT2D eigenvalue weighted by Gasteiger charge is 2.37. The summed E-state index contributed by atoms with van der Waals surface area (Å²) in [6, 6.07) is 0.101. The van der Waals surface area contributed by atoms with Crippen molar-refractivity contribution in [3.8, 4) is 0 Å². The summed E-state index contributed by atoms with van der Waals surface area (Å²) in [4.78, 5) is 24.3. The van der Waals surface area contributed by atoms with Crippen LogP contribution in [0.1, 0.15) is 54.9 Å². The Balaban J connectivity index is 1.32. The molecule has 3 fully saturated rings. The standard InChI is InChI=1S/C19H28N4O/c1-13-15-4-2-3-5-16(15)22-18(21-13)6-9-20-19(24)17-12-14-7-10-23(17)11-8-14/h14,17H,2-12H2,1H3,(H,20,24). The molecule has 1 aliphatic carbocycles. The summed E-state index contributed by atoms with van der Waals surface area (Å²) >= 11 is 0. The summed E-state index contributed by atoms with van der Waals surface area (Å²) in [5.41, 5.74) is 3.74. The van der Waals surface area contributed by atoms with Crippen molar-refractivity contribution in [3.63, 3.8) is 0 Å². The van der Waals surface area contributed by atoms with Crippen LogP contribution in [0, 0.1) is 12.8 Å². The van der Waals surface area contributed by atoms with Gasteiger partial charge in [-0.1, -0.05) is 0 Å². The lowest BCUT2D eigenvalue weighted by Gasteiger charge is -2.44. The normalized spacial score (nSPS) is 28.5. The van der Waals surface area contributed by atoms with Crippen molar-refractivity contribution < 1.29 is 4.79 Å². The van der Waals surface area contributed by atoms with E-state index in [1.807, 2.05) is 0 Å². The van der Waals surface area contributed by atoms with Crippen molar-refractivity contribution in [2.24, 2.45) is 5.92 Å². The summed E-state index contributed by atoms with van der Waals surface area (Å²) in [7, 11) is 0. The van der Waals surface area contributed by atoms with Crippen LogP contribution in [-0.2, 0) is 24.1 Å². The predicted molar refractivity (Wildman–Crippen MR) is 92.8 cm³/mol. The predicted octanol–water partition coefficient (Wildman–Crippen LogP) is 1.81. The fourth-order valence-electron chi connectivity index (χ4n) is 4.61. The molecule has 3 saturated heterocycles. The van der Waals surface area contributed by atoms with Gasteiger partial charge in [0.1, 0.15) is 5.82 Å². The number of nitrogens with one attached hydrogen (secondary N) is 1. The number of aryl methyl sites for hydroxylation is 2. The Morgan fingerprint density at radius 3 is 2.75 bits per heavy atom. The van der Waals surface area contributed by atoms with Crippen LogP contribution in [0.3, 0.4) is 0 Å². The van der Waals surface area contributed by atoms with Gasteiger partial charge in [-0.05, 0) is 76.4 Å². The van der Waals surface area contributed by atoms with E-state index in [9.17, 15) is 4.79 Å². The largest absolute Gasteiger partial charge is 0.354 e. The van der Waals surface area contributed by atoms with Crippen LogP contribution in [0.5, 0.6) is 0 Å². The molecule has 0 aromatic carbocycles. The van der Waals surface area contributed by atoms with E-state index in [1.165, 1.54) is 36.9 Å². The highest BCUT2D eigenvalue weighted by Crippen LogP contribution is 2.31. The van der Waals surface area contributed by atoms with E-state index in [-0.39, 0.29) is 11.9 Å². The zero-order valence-corrected chi connectivity index (χ0v) is 14.7. The minimum absolute atomic E-state index is 0.101. The van der Waals surface area contributed by atoms with E-state index in [4.69, 9.17) is 4.98 Å². The molecular weight excluding hydrogens is 300 g/mol. The third kappa shape index (κ3) is 3.18. The topological polar surface area (TPSA) is 58.1 Å². The first-order valence-electron chi connectivity index (χ1n) is 9.58. The van der Waals surface area contributed by atoms with Gasteiger partial charge in [-0.15, -0.1) is 0 Å². The minimum Gasteiger partial charge on any atom is -0.354 e. The van der Waals surface area contributed by atoms with Crippen LogP contribution in [0.15, 0.2) is 0 Å². The number of piperidine rings is 3. The molecule has 0 radical (unpaired) electrons. The van der Waals surface area contributed by atoms with Crippen molar-refractivity contribution >= 4 is 5.91 Å². The average molecular weight is 328 g/mol. The number of carbonyl (C=O) groups excluding carboxylic acids is 1. The maximum Gasteiger partial charge on any atom is 0.237 e. The highest BCUT2D eigenvalue weighted by atomic mass is 16.2. The molecule has 4 aliphatic rings. The number of rotatable bonds is 4. The molecule has 1 aromatic heterocycles. The SMILES string of the molecule is Cc1nc(CCNC(=O)C2CC3CCN2CC3)nc2c1CCCC2. The second kappa shape index (κ2) is 6.79. The fraction of sp³-hybridized carbons (Fsp3) is 0.737. The quantitative estimate of drug-likeness (QED) is 0.916. The van der Waals surface area contributed by atoms with Gasteiger partial charge in [-0.3, -0.25) is 9.69 Å². The number of nitrogens with zero attached hydrogens (tertiary/aromatic N) is 3. The maximum absolute atomic E-state index is 12.5. The van der Waals surface area contributed by atoms with Gasteiger partial charge in [0.2, 0.25) is 5.91 Å². The van der Waals surface area contributed by atoms with Gasteiger partial charge < -0.3 is 5.32 Å². The molecule has 3 aliphatic heterocycles. The Bertz CT molecular complexity index is 622. The first-order valence-corrected chi connectivity index (χ1v) is 9.58. The first kappa shape index (κ1) is 16.0. The molecule has 5 rings (SSSR count). The van der Waals surface area contributed by atoms with E-state index >= 15 is 0 Å². The molecule has 5 nitrogen and oxygen atoms in total. The van der Waals surface area contributed by atoms with E-state index in [0.717, 1.165) is 56.2 Å². The van der Waals surface area contributed by atoms with Gasteiger partial charge in [0.25, 0.3) is 0 Å². The summed E-state index contributed by atoms with van der Waals surface area (Å²) in [6.07, 6.45) is 9.01. The second-order valence-corrected chi connectivity index (χ2v) is 7.63. The van der Waals surface area contributed by atoms with Crippen molar-refractivity contribution in [1.29, 1.82) is 0 Å². The van der Waals surface area contributed by atoms with Crippen molar-refractivity contribution in [3.05, 3.63) is 22.8 Å². The lowest BCUT2D eigenvalue weighted by atomic mass is 9.83. The van der Waals surface area contributed by atoms with Gasteiger partial charge >= 0.3 is 0 Å². The molecule has 2 bridgehead atoms. The highest BCUT2D eigenvalue weighted by molar-refractivity contribution is 5.82. The van der Waals surface area contributed by atoms with Gasteiger partial charge in [-0.2, -0.15) is 0 Å². The monoisotopic (exact) mass is 328 g/mol. The van der Waals surface area contributed by atoms with E-state index < -0.39 is 0 Å². The van der Waals surface area contributed by atoms with E-state index in [0.29, 0.717) is 6.54 Å². The molecule has 1 unspecified atom stereocenters. The van der Waals surface area contributed by atoms with Gasteiger partial charge in [-0.25, -0.2) is 9.97 Å². The molecule has 5 heteroatoms. The minimum atomic E-state index is 0.101. The number of aromatic nitrogens is 2. The fourth-order valence-corrected chi connectivity index (χ4v) is 4.61. The van der Waals surface area contributed by atoms with Crippen LogP contribution in [0.2, 0.25) is 0 Å². The van der Waals surface area contributed by atoms with Crippen LogP contribution in [-0.4, -0.2) is 46.5 Å². The third-order valence-corrected chi connectivity index (χ3v) is 6.03. The molecule has 130 valence electrons. The summed E-state index contributed by atoms with van der Waals surface area (Å²) < 4.78 is 0. The van der Waals surface area contributed by atoms with Crippen LogP contribution >= 0.6 is 0 Å². The van der Waals surface area contributed by atoms with Crippen molar-refractivity contribution in [2.45, 2.75) is 64.3 Å². The third-order valence-electron chi connectivity index (χ3n) is 6.03.